The molecule has 0 radical (unpaired) electrons. The Hall–Kier alpha value is -5.35. The number of allylic oxidation sites excluding steroid dienone is 30. The van der Waals surface area contributed by atoms with Gasteiger partial charge in [-0.25, -0.2) is 9.13 Å². The van der Waals surface area contributed by atoms with Crippen molar-refractivity contribution in [1.29, 1.82) is 0 Å². The molecule has 0 aromatic rings. The number of hydrogen-bond acceptors (Lipinski definition) is 14. The van der Waals surface area contributed by atoms with Crippen LogP contribution in [0.3, 0.4) is 0 Å². The van der Waals surface area contributed by atoms with Gasteiger partial charge in [-0.05, 0) is 161 Å². The molecule has 0 bridgehead atoms. The third-order valence-corrected chi connectivity index (χ3v) is 22.5. The number of esters is 3. The number of phosphoric acid groups is 2. The van der Waals surface area contributed by atoms with Crippen LogP contribution in [0.4, 0.5) is 0 Å². The summed E-state index contributed by atoms with van der Waals surface area (Å²) < 4.78 is 61.6. The number of ether oxygens (including phenoxy) is 3. The average Bonchev–Trinajstić information content (AvgIpc) is 0.893. The first-order valence-corrected chi connectivity index (χ1v) is 52.1. The maximum atomic E-state index is 13.1. The van der Waals surface area contributed by atoms with Crippen molar-refractivity contribution in [2.75, 3.05) is 39.6 Å². The minimum absolute atomic E-state index is 0.0892. The van der Waals surface area contributed by atoms with Crippen molar-refractivity contribution in [3.63, 3.8) is 0 Å². The number of rotatable bonds is 92. The number of carbonyl (C=O) groups is 3. The first-order chi connectivity index (χ1) is 60.2. The van der Waals surface area contributed by atoms with E-state index in [0.717, 1.165) is 186 Å². The lowest BCUT2D eigenvalue weighted by molar-refractivity contribution is -0.161. The summed E-state index contributed by atoms with van der Waals surface area (Å²) in [6.45, 7) is 2.46. The highest BCUT2D eigenvalue weighted by Gasteiger charge is 2.30. The Balaban J connectivity index is 4.59. The zero-order valence-corrected chi connectivity index (χ0v) is 79.6. The molecule has 0 aromatic heterocycles. The summed E-state index contributed by atoms with van der Waals surface area (Å²) in [6, 6.07) is 0. The standard InChI is InChI=1S/C105H178O16P2/c1-4-7-10-13-16-19-22-25-28-31-34-37-40-43-45-46-47-48-49-50-51-52-54-57-58-61-64-67-70-73-76-79-82-85-88-91-103(108)115-94-100(106)95-117-122(111,112)118-96-101(107)97-119-123(113,114)120-99-102(121-105(110)93-90-87-84-81-78-75-72-69-66-63-60-55-42-39-36-33-30-27-24-21-18-15-12-9-6-3)98-116-104(109)92-89-86-83-80-77-74-71-68-65-62-59-56-53-44-41-38-35-32-29-26-23-20-17-14-11-8-5-2/h8-9,11-12,16-21,25-30,34-39,43-45,53,55,59-60,62,100-102,106-107H,4-7,10,13-15,22-24,31-33,40-42,46-52,54,56-58,61,63-99H2,1-3H3,(H,111,112)(H,113,114)/b11-8-,12-9-,19-16-,20-17-,21-18-,28-25-,29-26-,30-27-,37-34-,38-35-,39-36-,45-43-,53-44-,60-55-,62-59-. The van der Waals surface area contributed by atoms with E-state index in [1.165, 1.54) is 161 Å². The fourth-order valence-electron chi connectivity index (χ4n) is 13.2. The van der Waals surface area contributed by atoms with Gasteiger partial charge in [-0.2, -0.15) is 0 Å². The molecule has 0 saturated heterocycles. The predicted octanol–water partition coefficient (Wildman–Crippen LogP) is 30.8. The molecule has 5 atom stereocenters. The molecule has 0 aliphatic heterocycles. The summed E-state index contributed by atoms with van der Waals surface area (Å²) in [6.07, 6.45) is 127. The largest absolute Gasteiger partial charge is 0.472 e. The van der Waals surface area contributed by atoms with Crippen LogP contribution in [0.2, 0.25) is 0 Å². The van der Waals surface area contributed by atoms with Crippen molar-refractivity contribution < 1.29 is 75.8 Å². The average molecular weight is 1760 g/mol. The zero-order valence-electron chi connectivity index (χ0n) is 77.8. The van der Waals surface area contributed by atoms with Crippen LogP contribution in [0.15, 0.2) is 182 Å². The van der Waals surface area contributed by atoms with E-state index < -0.39 is 91.5 Å². The molecule has 0 aliphatic carbocycles. The second-order valence-corrected chi connectivity index (χ2v) is 35.4. The summed E-state index contributed by atoms with van der Waals surface area (Å²) in [7, 11) is -9.82. The van der Waals surface area contributed by atoms with Gasteiger partial charge in [0.15, 0.2) is 6.10 Å². The van der Waals surface area contributed by atoms with Crippen LogP contribution in [0.25, 0.3) is 0 Å². The number of hydrogen-bond donors (Lipinski definition) is 4. The SMILES string of the molecule is CC/C=C\C/C=C\C/C=C\C/C=C\C/C=C\C/C=C\CCCCCCCCCCC(=O)OCC(COP(=O)(O)OCC(O)COP(=O)(O)OCC(O)COC(=O)CCCCCCCCCCCCCCCCCCCCC/C=C\C/C=C\C/C=C\C/C=C\CCCCC)OC(=O)CCCCCCCCCCC/C=C\C/C=C\C/C=C\C/C=C\C/C=C\CC. The van der Waals surface area contributed by atoms with Crippen LogP contribution in [0, 0.1) is 0 Å². The van der Waals surface area contributed by atoms with E-state index in [1.54, 1.807) is 0 Å². The molecular formula is C105H178O16P2. The van der Waals surface area contributed by atoms with Crippen molar-refractivity contribution >= 4 is 33.6 Å². The number of aliphatic hydroxyl groups excluding tert-OH is 2. The molecule has 0 spiro atoms. The van der Waals surface area contributed by atoms with E-state index >= 15 is 0 Å². The van der Waals surface area contributed by atoms with E-state index in [4.69, 9.17) is 32.3 Å². The molecule has 18 heteroatoms. The highest BCUT2D eigenvalue weighted by Crippen LogP contribution is 2.45. The number of aliphatic hydroxyl groups is 2. The number of carbonyl (C=O) groups excluding carboxylic acids is 3. The second kappa shape index (κ2) is 95.7. The third-order valence-electron chi connectivity index (χ3n) is 20.6. The monoisotopic (exact) mass is 1760 g/mol. The molecule has 0 aliphatic rings. The van der Waals surface area contributed by atoms with E-state index in [1.807, 2.05) is 0 Å². The van der Waals surface area contributed by atoms with Crippen LogP contribution in [0.1, 0.15) is 406 Å². The van der Waals surface area contributed by atoms with E-state index in [-0.39, 0.29) is 19.3 Å². The molecule has 0 rings (SSSR count). The van der Waals surface area contributed by atoms with E-state index in [9.17, 15) is 43.5 Å². The normalized spacial score (nSPS) is 14.5. The van der Waals surface area contributed by atoms with Crippen LogP contribution in [0.5, 0.6) is 0 Å². The summed E-state index contributed by atoms with van der Waals surface area (Å²) in [5.41, 5.74) is 0. The molecule has 0 heterocycles. The fourth-order valence-corrected chi connectivity index (χ4v) is 14.8. The first-order valence-electron chi connectivity index (χ1n) is 49.1. The molecule has 0 saturated carbocycles. The molecule has 4 N–H and O–H groups in total. The van der Waals surface area contributed by atoms with Gasteiger partial charge in [-0.1, -0.05) is 409 Å². The summed E-state index contributed by atoms with van der Waals surface area (Å²) >= 11 is 0. The molecule has 704 valence electrons. The van der Waals surface area contributed by atoms with Crippen LogP contribution >= 0.6 is 15.6 Å². The minimum Gasteiger partial charge on any atom is -0.463 e. The highest BCUT2D eigenvalue weighted by atomic mass is 31.2. The Morgan fingerprint density at radius 3 is 0.683 bits per heavy atom. The van der Waals surface area contributed by atoms with Crippen LogP contribution < -0.4 is 0 Å². The summed E-state index contributed by atoms with van der Waals surface area (Å²) in [5, 5.41) is 20.8. The van der Waals surface area contributed by atoms with Crippen LogP contribution in [-0.2, 0) is 55.8 Å². The molecule has 16 nitrogen and oxygen atoms in total. The molecular weight excluding hydrogens is 1580 g/mol. The Morgan fingerprint density at radius 2 is 0.431 bits per heavy atom. The van der Waals surface area contributed by atoms with Crippen molar-refractivity contribution in [3.8, 4) is 0 Å². The summed E-state index contributed by atoms with van der Waals surface area (Å²) in [5.74, 6) is -1.58. The maximum Gasteiger partial charge on any atom is 0.472 e. The second-order valence-electron chi connectivity index (χ2n) is 32.5. The first kappa shape index (κ1) is 118. The maximum absolute atomic E-state index is 13.1. The third kappa shape index (κ3) is 97.1. The van der Waals surface area contributed by atoms with Crippen molar-refractivity contribution in [2.45, 2.75) is 424 Å². The minimum atomic E-state index is -4.95. The molecule has 123 heavy (non-hydrogen) atoms. The van der Waals surface area contributed by atoms with Gasteiger partial charge in [-0.3, -0.25) is 32.5 Å². The number of unbranched alkanes of at least 4 members (excludes halogenated alkanes) is 39. The van der Waals surface area contributed by atoms with Gasteiger partial charge in [0.25, 0.3) is 0 Å². The van der Waals surface area contributed by atoms with E-state index in [2.05, 4.69) is 203 Å². The van der Waals surface area contributed by atoms with Gasteiger partial charge in [0.1, 0.15) is 25.4 Å². The molecule has 5 unspecified atom stereocenters. The number of phosphoric ester groups is 2. The van der Waals surface area contributed by atoms with Crippen molar-refractivity contribution in [2.24, 2.45) is 0 Å². The smallest absolute Gasteiger partial charge is 0.463 e. The van der Waals surface area contributed by atoms with Crippen molar-refractivity contribution in [1.82, 2.24) is 0 Å². The van der Waals surface area contributed by atoms with Gasteiger partial charge in [0.2, 0.25) is 0 Å². The van der Waals surface area contributed by atoms with E-state index in [0.29, 0.717) is 19.3 Å². The Labute approximate surface area is 751 Å². The van der Waals surface area contributed by atoms with Gasteiger partial charge >= 0.3 is 33.6 Å². The quantitative estimate of drug-likeness (QED) is 0.0146. The fraction of sp³-hybridized carbons (Fsp3) is 0.686. The van der Waals surface area contributed by atoms with Gasteiger partial charge in [0.05, 0.1) is 26.4 Å². The van der Waals surface area contributed by atoms with Gasteiger partial charge in [-0.15, -0.1) is 0 Å². The Bertz CT molecular complexity index is 2970. The lowest BCUT2D eigenvalue weighted by Crippen LogP contribution is -2.30. The summed E-state index contributed by atoms with van der Waals surface area (Å²) in [4.78, 5) is 59.1. The molecule has 0 aromatic carbocycles. The molecule has 0 amide bonds. The zero-order chi connectivity index (χ0) is 89.3. The predicted molar refractivity (Wildman–Crippen MR) is 518 cm³/mol. The molecule has 0 fully saturated rings. The lowest BCUT2D eigenvalue weighted by atomic mass is 10.0. The lowest BCUT2D eigenvalue weighted by Gasteiger charge is -2.21. The topological polar surface area (TPSA) is 231 Å². The Kier molecular flexibility index (Phi) is 91.6. The highest BCUT2D eigenvalue weighted by molar-refractivity contribution is 7.47. The van der Waals surface area contributed by atoms with Gasteiger partial charge in [0, 0.05) is 19.3 Å². The van der Waals surface area contributed by atoms with Crippen molar-refractivity contribution in [3.05, 3.63) is 182 Å². The van der Waals surface area contributed by atoms with Gasteiger partial charge < -0.3 is 34.2 Å². The van der Waals surface area contributed by atoms with Crippen LogP contribution in [-0.4, -0.2) is 95.9 Å². The Morgan fingerprint density at radius 1 is 0.236 bits per heavy atom.